The van der Waals surface area contributed by atoms with Gasteiger partial charge in [0.1, 0.15) is 11.5 Å². The van der Waals surface area contributed by atoms with Crippen LogP contribution in [0, 0.1) is 0 Å². The predicted octanol–water partition coefficient (Wildman–Crippen LogP) is 4.34. The molecule has 1 saturated heterocycles. The molecule has 0 bridgehead atoms. The molecule has 35 heavy (non-hydrogen) atoms. The quantitative estimate of drug-likeness (QED) is 0.441. The lowest BCUT2D eigenvalue weighted by Crippen LogP contribution is -2.48. The molecule has 3 aromatic heterocycles. The molecule has 0 saturated carbocycles. The van der Waals surface area contributed by atoms with Gasteiger partial charge in [-0.3, -0.25) is 4.90 Å². The van der Waals surface area contributed by atoms with Crippen LogP contribution in [-0.2, 0) is 6.18 Å². The van der Waals surface area contributed by atoms with Gasteiger partial charge in [0.05, 0.1) is 5.52 Å². The van der Waals surface area contributed by atoms with Gasteiger partial charge in [-0.05, 0) is 23.8 Å². The van der Waals surface area contributed by atoms with Crippen molar-refractivity contribution < 1.29 is 13.2 Å². The molecule has 4 aromatic rings. The Kier molecular flexibility index (Phi) is 6.45. The molecule has 0 radical (unpaired) electrons. The zero-order valence-corrected chi connectivity index (χ0v) is 18.9. The summed E-state index contributed by atoms with van der Waals surface area (Å²) < 4.78 is 40.2. The van der Waals surface area contributed by atoms with Crippen molar-refractivity contribution in [3.8, 4) is 11.1 Å². The molecule has 0 amide bonds. The Morgan fingerprint density at radius 2 is 1.60 bits per heavy atom. The molecule has 10 heteroatoms. The number of nitrogens with zero attached hydrogens (tertiary/aromatic N) is 6. The molecule has 180 valence electrons. The van der Waals surface area contributed by atoms with Gasteiger partial charge in [-0.1, -0.05) is 30.3 Å². The van der Waals surface area contributed by atoms with E-state index in [1.807, 2.05) is 30.3 Å². The van der Waals surface area contributed by atoms with Crippen LogP contribution >= 0.6 is 0 Å². The number of hydrogen-bond acceptors (Lipinski definition) is 7. The number of halogens is 3. The van der Waals surface area contributed by atoms with E-state index in [4.69, 9.17) is 0 Å². The highest BCUT2D eigenvalue weighted by Crippen LogP contribution is 2.34. The third-order valence-corrected chi connectivity index (χ3v) is 6.03. The molecule has 0 atom stereocenters. The lowest BCUT2D eigenvalue weighted by Gasteiger charge is -2.34. The van der Waals surface area contributed by atoms with Crippen molar-refractivity contribution in [2.24, 2.45) is 0 Å². The second-order valence-corrected chi connectivity index (χ2v) is 8.28. The van der Waals surface area contributed by atoms with Gasteiger partial charge in [-0.15, -0.1) is 0 Å². The smallest absolute Gasteiger partial charge is 0.368 e. The van der Waals surface area contributed by atoms with E-state index in [-0.39, 0.29) is 5.52 Å². The Bertz CT molecular complexity index is 1270. The zero-order chi connectivity index (χ0) is 24.3. The molecule has 1 fully saturated rings. The largest absolute Gasteiger partial charge is 0.433 e. The monoisotopic (exact) mass is 479 g/mol. The van der Waals surface area contributed by atoms with Crippen LogP contribution in [0.5, 0.6) is 0 Å². The maximum absolute atomic E-state index is 13.4. The van der Waals surface area contributed by atoms with E-state index in [2.05, 4.69) is 35.1 Å². The summed E-state index contributed by atoms with van der Waals surface area (Å²) in [6.45, 7) is 4.80. The van der Waals surface area contributed by atoms with Gasteiger partial charge in [0.15, 0.2) is 0 Å². The molecule has 0 spiro atoms. The molecule has 0 unspecified atom stereocenters. The van der Waals surface area contributed by atoms with Crippen LogP contribution in [0.4, 0.5) is 24.9 Å². The Morgan fingerprint density at radius 1 is 0.857 bits per heavy atom. The van der Waals surface area contributed by atoms with Crippen LogP contribution in [0.3, 0.4) is 0 Å². The number of piperazine rings is 1. The van der Waals surface area contributed by atoms with Crippen LogP contribution in [0.1, 0.15) is 5.69 Å². The minimum atomic E-state index is -4.52. The van der Waals surface area contributed by atoms with Gasteiger partial charge in [-0.25, -0.2) is 19.9 Å². The van der Waals surface area contributed by atoms with Crippen molar-refractivity contribution in [1.29, 1.82) is 0 Å². The fourth-order valence-corrected chi connectivity index (χ4v) is 4.20. The Morgan fingerprint density at radius 3 is 2.31 bits per heavy atom. The summed E-state index contributed by atoms with van der Waals surface area (Å²) in [7, 11) is 0. The molecule has 1 aromatic carbocycles. The number of benzene rings is 1. The molecular formula is C25H24F3N7. The van der Waals surface area contributed by atoms with Crippen molar-refractivity contribution in [2.45, 2.75) is 6.18 Å². The summed E-state index contributed by atoms with van der Waals surface area (Å²) in [6.07, 6.45) is 0.550. The van der Waals surface area contributed by atoms with Crippen molar-refractivity contribution in [1.82, 2.24) is 24.8 Å². The number of aromatic nitrogens is 4. The molecular weight excluding hydrogens is 455 g/mol. The molecule has 0 aliphatic carbocycles. The van der Waals surface area contributed by atoms with E-state index in [1.54, 1.807) is 24.7 Å². The first-order valence-corrected chi connectivity index (χ1v) is 11.4. The summed E-state index contributed by atoms with van der Waals surface area (Å²) >= 11 is 0. The first kappa shape index (κ1) is 23.0. The zero-order valence-electron chi connectivity index (χ0n) is 18.9. The molecule has 1 aliphatic heterocycles. The minimum Gasteiger partial charge on any atom is -0.368 e. The fraction of sp³-hybridized carbons (Fsp3) is 0.280. The lowest BCUT2D eigenvalue weighted by molar-refractivity contribution is -0.140. The normalized spacial score (nSPS) is 14.9. The Balaban J connectivity index is 1.30. The second-order valence-electron chi connectivity index (χ2n) is 8.28. The first-order valence-electron chi connectivity index (χ1n) is 11.4. The average Bonchev–Trinajstić information content (AvgIpc) is 2.89. The highest BCUT2D eigenvalue weighted by molar-refractivity contribution is 5.99. The number of alkyl halides is 3. The van der Waals surface area contributed by atoms with Gasteiger partial charge < -0.3 is 10.2 Å². The van der Waals surface area contributed by atoms with Gasteiger partial charge in [0.25, 0.3) is 0 Å². The second kappa shape index (κ2) is 9.83. The van der Waals surface area contributed by atoms with Gasteiger partial charge >= 0.3 is 6.18 Å². The van der Waals surface area contributed by atoms with E-state index < -0.39 is 11.9 Å². The topological polar surface area (TPSA) is 70.1 Å². The highest BCUT2D eigenvalue weighted by atomic mass is 19.4. The van der Waals surface area contributed by atoms with E-state index in [1.165, 1.54) is 6.07 Å². The minimum absolute atomic E-state index is 0.278. The molecule has 5 rings (SSSR count). The number of nitrogens with one attached hydrogen (secondary N) is 1. The van der Waals surface area contributed by atoms with Crippen molar-refractivity contribution in [3.63, 3.8) is 0 Å². The maximum atomic E-state index is 13.4. The standard InChI is InChI=1S/C25H24F3N7/c26-25(27,28)21-8-7-19-22(33-21)20(18-5-2-1-3-6-18)17-32-23(19)29-11-12-34-13-15-35(16-14-34)24-30-9-4-10-31-24/h1-10,17H,11-16H2,(H,29,32). The number of anilines is 2. The number of rotatable bonds is 6. The van der Waals surface area contributed by atoms with Crippen molar-refractivity contribution in [2.75, 3.05) is 49.5 Å². The summed E-state index contributed by atoms with van der Waals surface area (Å²) in [6, 6.07) is 13.5. The van der Waals surface area contributed by atoms with Crippen LogP contribution in [0.25, 0.3) is 22.0 Å². The van der Waals surface area contributed by atoms with Crippen LogP contribution in [-0.4, -0.2) is 64.1 Å². The van der Waals surface area contributed by atoms with E-state index in [0.29, 0.717) is 23.3 Å². The van der Waals surface area contributed by atoms with Crippen molar-refractivity contribution >= 4 is 22.7 Å². The third kappa shape index (κ3) is 5.17. The van der Waals surface area contributed by atoms with Crippen LogP contribution in [0.15, 0.2) is 67.1 Å². The Hall–Kier alpha value is -3.79. The van der Waals surface area contributed by atoms with Crippen LogP contribution < -0.4 is 10.2 Å². The van der Waals surface area contributed by atoms with Crippen molar-refractivity contribution in [3.05, 3.63) is 72.8 Å². The summed E-state index contributed by atoms with van der Waals surface area (Å²) in [5.41, 5.74) is 0.694. The average molecular weight is 480 g/mol. The molecule has 1 aliphatic rings. The number of pyridine rings is 2. The molecule has 1 N–H and O–H groups in total. The maximum Gasteiger partial charge on any atom is 0.433 e. The first-order chi connectivity index (χ1) is 17.0. The van der Waals surface area contributed by atoms with Gasteiger partial charge in [0.2, 0.25) is 5.95 Å². The Labute approximate surface area is 200 Å². The van der Waals surface area contributed by atoms with Gasteiger partial charge in [-0.2, -0.15) is 13.2 Å². The molecule has 4 heterocycles. The van der Waals surface area contributed by atoms with Gasteiger partial charge in [0, 0.05) is 68.8 Å². The fourth-order valence-electron chi connectivity index (χ4n) is 4.20. The predicted molar refractivity (Wildman–Crippen MR) is 129 cm³/mol. The number of hydrogen-bond donors (Lipinski definition) is 1. The number of fused-ring (bicyclic) bond motifs is 1. The summed E-state index contributed by atoms with van der Waals surface area (Å²) in [4.78, 5) is 21.6. The highest BCUT2D eigenvalue weighted by Gasteiger charge is 2.33. The summed E-state index contributed by atoms with van der Waals surface area (Å²) in [5.74, 6) is 1.27. The third-order valence-electron chi connectivity index (χ3n) is 6.03. The SMILES string of the molecule is FC(F)(F)c1ccc2c(NCCN3CCN(c4ncccn4)CC3)ncc(-c3ccccc3)c2n1. The van der Waals surface area contributed by atoms with E-state index >= 15 is 0 Å². The van der Waals surface area contributed by atoms with Crippen LogP contribution in [0.2, 0.25) is 0 Å². The molecule has 7 nitrogen and oxygen atoms in total. The van der Waals surface area contributed by atoms with E-state index in [9.17, 15) is 13.2 Å². The van der Waals surface area contributed by atoms with E-state index in [0.717, 1.165) is 50.3 Å². The lowest BCUT2D eigenvalue weighted by atomic mass is 10.0. The summed E-state index contributed by atoms with van der Waals surface area (Å²) in [5, 5.41) is 3.86.